The first-order valence-corrected chi connectivity index (χ1v) is 5.21. The summed E-state index contributed by atoms with van der Waals surface area (Å²) in [4.78, 5) is 20.9. The third-order valence-corrected chi connectivity index (χ3v) is 2.11. The zero-order valence-electron chi connectivity index (χ0n) is 9.41. The molecule has 0 bridgehead atoms. The summed E-state index contributed by atoms with van der Waals surface area (Å²) in [6.07, 6.45) is 3.20. The van der Waals surface area contributed by atoms with Crippen LogP contribution in [0.1, 0.15) is 6.92 Å². The van der Waals surface area contributed by atoms with Crippen LogP contribution in [0.3, 0.4) is 0 Å². The van der Waals surface area contributed by atoms with Gasteiger partial charge < -0.3 is 4.84 Å². The Balaban J connectivity index is 2.23. The van der Waals surface area contributed by atoms with Gasteiger partial charge in [-0.3, -0.25) is 9.78 Å². The van der Waals surface area contributed by atoms with Crippen LogP contribution in [0.2, 0.25) is 0 Å². The molecule has 1 aromatic carbocycles. The van der Waals surface area contributed by atoms with Gasteiger partial charge >= 0.3 is 0 Å². The summed E-state index contributed by atoms with van der Waals surface area (Å²) in [5.41, 5.74) is 0.684. The van der Waals surface area contributed by atoms with E-state index < -0.39 is 0 Å². The number of carbonyl (C=O) groups excluding carboxylic acids is 1. The maximum Gasteiger partial charge on any atom is 0.256 e. The second-order valence-corrected chi connectivity index (χ2v) is 3.43. The molecule has 2 rings (SSSR count). The highest BCUT2D eigenvalue weighted by Gasteiger charge is 2.13. The highest BCUT2D eigenvalue weighted by atomic mass is 16.7. The lowest BCUT2D eigenvalue weighted by Crippen LogP contribution is -2.32. The lowest BCUT2D eigenvalue weighted by Gasteiger charge is -2.20. The molecule has 0 spiro atoms. The molecule has 0 unspecified atom stereocenters. The predicted octanol–water partition coefficient (Wildman–Crippen LogP) is 2.43. The van der Waals surface area contributed by atoms with Crippen molar-refractivity contribution in [2.75, 3.05) is 5.06 Å². The van der Waals surface area contributed by atoms with Crippen molar-refractivity contribution in [1.29, 1.82) is 0 Å². The number of anilines is 1. The van der Waals surface area contributed by atoms with Gasteiger partial charge in [-0.05, 0) is 24.3 Å². The van der Waals surface area contributed by atoms with Gasteiger partial charge in [-0.2, -0.15) is 0 Å². The Labute approximate surface area is 99.4 Å². The molecule has 86 valence electrons. The SMILES string of the molecule is CC(=O)N(Oc1cccnc1)c1ccccc1. The van der Waals surface area contributed by atoms with Crippen molar-refractivity contribution in [3.8, 4) is 5.75 Å². The molecular weight excluding hydrogens is 216 g/mol. The number of amides is 1. The van der Waals surface area contributed by atoms with Crippen LogP contribution in [0.5, 0.6) is 5.75 Å². The molecule has 0 radical (unpaired) electrons. The van der Waals surface area contributed by atoms with Gasteiger partial charge in [-0.25, -0.2) is 0 Å². The van der Waals surface area contributed by atoms with Gasteiger partial charge in [-0.1, -0.05) is 18.2 Å². The fraction of sp³-hybridized carbons (Fsp3) is 0.0769. The smallest absolute Gasteiger partial charge is 0.256 e. The number of hydrogen-bond acceptors (Lipinski definition) is 3. The van der Waals surface area contributed by atoms with E-state index >= 15 is 0 Å². The van der Waals surface area contributed by atoms with Gasteiger partial charge in [0.2, 0.25) is 0 Å². The quantitative estimate of drug-likeness (QED) is 0.758. The Morgan fingerprint density at radius 1 is 1.18 bits per heavy atom. The molecule has 1 amide bonds. The summed E-state index contributed by atoms with van der Waals surface area (Å²) in [6.45, 7) is 1.45. The van der Waals surface area contributed by atoms with E-state index in [1.54, 1.807) is 36.7 Å². The molecule has 0 atom stereocenters. The van der Waals surface area contributed by atoms with Crippen molar-refractivity contribution in [1.82, 2.24) is 4.98 Å². The first kappa shape index (κ1) is 11.1. The monoisotopic (exact) mass is 228 g/mol. The molecule has 0 saturated heterocycles. The standard InChI is InChI=1S/C13H12N2O2/c1-11(16)15(12-6-3-2-4-7-12)17-13-8-5-9-14-10-13/h2-10H,1H3. The molecule has 2 aromatic rings. The Kier molecular flexibility index (Phi) is 3.35. The first-order valence-electron chi connectivity index (χ1n) is 5.21. The van der Waals surface area contributed by atoms with Crippen LogP contribution in [0.4, 0.5) is 5.69 Å². The average molecular weight is 228 g/mol. The summed E-state index contributed by atoms with van der Waals surface area (Å²) in [6, 6.07) is 12.7. The zero-order valence-corrected chi connectivity index (χ0v) is 9.41. The van der Waals surface area contributed by atoms with E-state index in [2.05, 4.69) is 4.98 Å². The number of aromatic nitrogens is 1. The fourth-order valence-electron chi connectivity index (χ4n) is 1.37. The van der Waals surface area contributed by atoms with Crippen LogP contribution in [0, 0.1) is 0 Å². The van der Waals surface area contributed by atoms with E-state index in [0.717, 1.165) is 0 Å². The number of hydroxylamine groups is 1. The molecule has 0 aliphatic heterocycles. The van der Waals surface area contributed by atoms with Crippen molar-refractivity contribution in [2.24, 2.45) is 0 Å². The number of para-hydroxylation sites is 1. The highest BCUT2D eigenvalue weighted by Crippen LogP contribution is 2.17. The van der Waals surface area contributed by atoms with E-state index in [1.165, 1.54) is 12.0 Å². The molecular formula is C13H12N2O2. The van der Waals surface area contributed by atoms with E-state index in [9.17, 15) is 4.79 Å². The minimum absolute atomic E-state index is 0.194. The third-order valence-electron chi connectivity index (χ3n) is 2.11. The van der Waals surface area contributed by atoms with Gasteiger partial charge in [0, 0.05) is 13.1 Å². The van der Waals surface area contributed by atoms with Gasteiger partial charge in [0.1, 0.15) is 0 Å². The molecule has 1 aromatic heterocycles. The normalized spacial score (nSPS) is 9.71. The lowest BCUT2D eigenvalue weighted by molar-refractivity contribution is -0.120. The minimum Gasteiger partial charge on any atom is -0.370 e. The third kappa shape index (κ3) is 2.81. The van der Waals surface area contributed by atoms with Crippen molar-refractivity contribution >= 4 is 11.6 Å². The van der Waals surface area contributed by atoms with Gasteiger partial charge in [-0.15, -0.1) is 5.06 Å². The van der Waals surface area contributed by atoms with E-state index in [-0.39, 0.29) is 5.91 Å². The second kappa shape index (κ2) is 5.12. The summed E-state index contributed by atoms with van der Waals surface area (Å²) in [5, 5.41) is 1.23. The molecule has 1 heterocycles. The van der Waals surface area contributed by atoms with Crippen LogP contribution < -0.4 is 9.90 Å². The molecule has 4 nitrogen and oxygen atoms in total. The van der Waals surface area contributed by atoms with E-state index in [0.29, 0.717) is 11.4 Å². The Bertz CT molecular complexity index is 485. The van der Waals surface area contributed by atoms with Crippen molar-refractivity contribution in [3.63, 3.8) is 0 Å². The zero-order chi connectivity index (χ0) is 12.1. The summed E-state index contributed by atoms with van der Waals surface area (Å²) in [5.74, 6) is 0.326. The molecule has 0 N–H and O–H groups in total. The fourth-order valence-corrected chi connectivity index (χ4v) is 1.37. The van der Waals surface area contributed by atoms with Crippen LogP contribution in [0.15, 0.2) is 54.9 Å². The Hall–Kier alpha value is -2.36. The van der Waals surface area contributed by atoms with Gasteiger partial charge in [0.15, 0.2) is 5.75 Å². The maximum atomic E-state index is 11.5. The van der Waals surface area contributed by atoms with Crippen molar-refractivity contribution in [2.45, 2.75) is 6.92 Å². The summed E-state index contributed by atoms with van der Waals surface area (Å²) >= 11 is 0. The summed E-state index contributed by atoms with van der Waals surface area (Å²) < 4.78 is 0. The van der Waals surface area contributed by atoms with Crippen LogP contribution >= 0.6 is 0 Å². The Morgan fingerprint density at radius 2 is 1.94 bits per heavy atom. The van der Waals surface area contributed by atoms with E-state index in [1.807, 2.05) is 18.2 Å². The van der Waals surface area contributed by atoms with E-state index in [4.69, 9.17) is 4.84 Å². The second-order valence-electron chi connectivity index (χ2n) is 3.43. The van der Waals surface area contributed by atoms with Crippen molar-refractivity contribution < 1.29 is 9.63 Å². The van der Waals surface area contributed by atoms with Crippen LogP contribution in [-0.2, 0) is 4.79 Å². The minimum atomic E-state index is -0.194. The Morgan fingerprint density at radius 3 is 2.53 bits per heavy atom. The lowest BCUT2D eigenvalue weighted by atomic mass is 10.3. The number of benzene rings is 1. The molecule has 17 heavy (non-hydrogen) atoms. The average Bonchev–Trinajstić information content (AvgIpc) is 2.38. The largest absolute Gasteiger partial charge is 0.370 e. The number of rotatable bonds is 3. The summed E-state index contributed by atoms with van der Waals surface area (Å²) in [7, 11) is 0. The number of hydrogen-bond donors (Lipinski definition) is 0. The number of carbonyl (C=O) groups is 1. The molecule has 0 saturated carbocycles. The maximum absolute atomic E-state index is 11.5. The van der Waals surface area contributed by atoms with Crippen molar-refractivity contribution in [3.05, 3.63) is 54.9 Å². The molecule has 0 aliphatic rings. The van der Waals surface area contributed by atoms with Crippen LogP contribution in [0.25, 0.3) is 0 Å². The molecule has 0 aliphatic carbocycles. The number of nitrogens with zero attached hydrogens (tertiary/aromatic N) is 2. The topological polar surface area (TPSA) is 42.4 Å². The van der Waals surface area contributed by atoms with Crippen LogP contribution in [-0.4, -0.2) is 10.9 Å². The highest BCUT2D eigenvalue weighted by molar-refractivity contribution is 5.89. The van der Waals surface area contributed by atoms with Gasteiger partial charge in [0.25, 0.3) is 5.91 Å². The molecule has 4 heteroatoms. The van der Waals surface area contributed by atoms with Gasteiger partial charge in [0.05, 0.1) is 11.9 Å². The first-order chi connectivity index (χ1) is 8.27. The number of pyridine rings is 1. The predicted molar refractivity (Wildman–Crippen MR) is 64.5 cm³/mol. The molecule has 0 fully saturated rings.